The molecule has 3 aromatic carbocycles. The molecule has 0 aliphatic heterocycles. The second kappa shape index (κ2) is 6.98. The number of hydrogen-bond acceptors (Lipinski definition) is 2. The number of aromatic nitrogens is 2. The van der Waals surface area contributed by atoms with E-state index in [1.54, 1.807) is 16.8 Å². The maximum atomic E-state index is 12.6. The number of hydrogen-bond donors (Lipinski definition) is 0. The predicted molar refractivity (Wildman–Crippen MR) is 108 cm³/mol. The fourth-order valence-corrected chi connectivity index (χ4v) is 3.08. The van der Waals surface area contributed by atoms with Gasteiger partial charge in [0, 0.05) is 10.4 Å². The molecule has 0 aliphatic rings. The normalized spacial score (nSPS) is 11.3. The Morgan fingerprint density at radius 2 is 1.50 bits per heavy atom. The van der Waals surface area contributed by atoms with Crippen molar-refractivity contribution in [1.82, 2.24) is 9.78 Å². The van der Waals surface area contributed by atoms with Gasteiger partial charge in [0.15, 0.2) is 0 Å². The Labute approximate surface area is 155 Å². The number of para-hydroxylation sites is 1. The summed E-state index contributed by atoms with van der Waals surface area (Å²) >= 11 is 6.23. The molecule has 0 saturated heterocycles. The lowest BCUT2D eigenvalue weighted by Gasteiger charge is -2.00. The lowest BCUT2D eigenvalue weighted by molar-refractivity contribution is 0.902. The molecule has 0 radical (unpaired) electrons. The second-order valence-electron chi connectivity index (χ2n) is 5.83. The Morgan fingerprint density at radius 3 is 2.31 bits per heavy atom. The van der Waals surface area contributed by atoms with Crippen molar-refractivity contribution in [3.8, 4) is 5.69 Å². The van der Waals surface area contributed by atoms with Crippen LogP contribution in [0.1, 0.15) is 11.3 Å². The Hall–Kier alpha value is -3.17. The van der Waals surface area contributed by atoms with E-state index in [0.717, 1.165) is 22.3 Å². The van der Waals surface area contributed by atoms with Crippen molar-refractivity contribution in [2.75, 3.05) is 0 Å². The van der Waals surface area contributed by atoms with E-state index in [9.17, 15) is 4.79 Å². The van der Waals surface area contributed by atoms with Crippen molar-refractivity contribution in [2.45, 2.75) is 0 Å². The van der Waals surface area contributed by atoms with Gasteiger partial charge in [-0.15, -0.1) is 0 Å². The smallest absolute Gasteiger partial charge is 0.204 e. The molecule has 0 spiro atoms. The summed E-state index contributed by atoms with van der Waals surface area (Å²) in [6.45, 7) is 0. The first-order valence-corrected chi connectivity index (χ1v) is 8.62. The first-order chi connectivity index (χ1) is 12.7. The highest BCUT2D eigenvalue weighted by Gasteiger charge is 2.12. The van der Waals surface area contributed by atoms with Crippen LogP contribution in [-0.4, -0.2) is 9.78 Å². The lowest BCUT2D eigenvalue weighted by atomic mass is 10.1. The minimum Gasteiger partial charge on any atom is -0.288 e. The number of benzene rings is 2. The van der Waals surface area contributed by atoms with Crippen LogP contribution in [0, 0.1) is 0 Å². The summed E-state index contributed by atoms with van der Waals surface area (Å²) in [6.07, 6.45) is 3.80. The summed E-state index contributed by atoms with van der Waals surface area (Å²) in [5.41, 5.74) is 2.95. The molecule has 4 heteroatoms. The molecule has 126 valence electrons. The number of nitrogens with zero attached hydrogens (tertiary/aromatic N) is 2. The highest BCUT2D eigenvalue weighted by Crippen LogP contribution is 2.22. The van der Waals surface area contributed by atoms with Crippen molar-refractivity contribution in [3.63, 3.8) is 0 Å². The van der Waals surface area contributed by atoms with E-state index < -0.39 is 0 Å². The van der Waals surface area contributed by atoms with Gasteiger partial charge in [0.05, 0.1) is 11.4 Å². The standard InChI is InChI=1S/C22H15ClN2O/c23-19-12-6-4-8-16(19)14-15-20-18-11-5-7-13-21(26)22(18)25(24-20)17-9-2-1-3-10-17/h1-15H/b15-14+. The molecule has 26 heavy (non-hydrogen) atoms. The van der Waals surface area contributed by atoms with Gasteiger partial charge in [-0.3, -0.25) is 4.79 Å². The quantitative estimate of drug-likeness (QED) is 0.504. The molecule has 3 nitrogen and oxygen atoms in total. The van der Waals surface area contributed by atoms with Crippen molar-refractivity contribution < 1.29 is 0 Å². The first kappa shape index (κ1) is 16.3. The van der Waals surface area contributed by atoms with E-state index in [2.05, 4.69) is 5.10 Å². The molecular formula is C22H15ClN2O. The molecule has 0 saturated carbocycles. The highest BCUT2D eigenvalue weighted by atomic mass is 35.5. The maximum Gasteiger partial charge on any atom is 0.204 e. The van der Waals surface area contributed by atoms with Gasteiger partial charge in [-0.2, -0.15) is 5.10 Å². The molecule has 4 aromatic rings. The van der Waals surface area contributed by atoms with E-state index in [1.807, 2.05) is 78.9 Å². The highest BCUT2D eigenvalue weighted by molar-refractivity contribution is 6.32. The van der Waals surface area contributed by atoms with Gasteiger partial charge < -0.3 is 0 Å². The predicted octanol–water partition coefficient (Wildman–Crippen LogP) is 5.21. The Kier molecular flexibility index (Phi) is 4.38. The molecule has 1 heterocycles. The third-order valence-electron chi connectivity index (χ3n) is 4.13. The maximum absolute atomic E-state index is 12.6. The van der Waals surface area contributed by atoms with Gasteiger partial charge in [-0.25, -0.2) is 4.68 Å². The third kappa shape index (κ3) is 3.05. The van der Waals surface area contributed by atoms with Crippen molar-refractivity contribution in [1.29, 1.82) is 0 Å². The van der Waals surface area contributed by atoms with Crippen LogP contribution in [0.4, 0.5) is 0 Å². The van der Waals surface area contributed by atoms with Gasteiger partial charge >= 0.3 is 0 Å². The summed E-state index contributed by atoms with van der Waals surface area (Å²) in [4.78, 5) is 12.6. The number of rotatable bonds is 3. The van der Waals surface area contributed by atoms with E-state index in [-0.39, 0.29) is 5.43 Å². The van der Waals surface area contributed by atoms with Gasteiger partial charge in [0.2, 0.25) is 5.43 Å². The van der Waals surface area contributed by atoms with Crippen LogP contribution in [-0.2, 0) is 0 Å². The zero-order valence-electron chi connectivity index (χ0n) is 13.8. The molecular weight excluding hydrogens is 344 g/mol. The van der Waals surface area contributed by atoms with Gasteiger partial charge in [0.25, 0.3) is 0 Å². The molecule has 0 bridgehead atoms. The van der Waals surface area contributed by atoms with Crippen LogP contribution in [0.3, 0.4) is 0 Å². The van der Waals surface area contributed by atoms with Crippen molar-refractivity contribution >= 4 is 34.7 Å². The van der Waals surface area contributed by atoms with Crippen LogP contribution in [0.5, 0.6) is 0 Å². The van der Waals surface area contributed by atoms with Gasteiger partial charge in [0.1, 0.15) is 5.52 Å². The zero-order valence-corrected chi connectivity index (χ0v) is 14.6. The molecule has 1 aromatic heterocycles. The summed E-state index contributed by atoms with van der Waals surface area (Å²) < 4.78 is 1.70. The minimum absolute atomic E-state index is 0.0706. The van der Waals surface area contributed by atoms with Crippen molar-refractivity contribution in [3.05, 3.63) is 105 Å². The number of fused-ring (bicyclic) bond motifs is 1. The first-order valence-electron chi connectivity index (χ1n) is 8.24. The largest absolute Gasteiger partial charge is 0.288 e. The average molecular weight is 359 g/mol. The van der Waals surface area contributed by atoms with Gasteiger partial charge in [-0.1, -0.05) is 72.3 Å². The van der Waals surface area contributed by atoms with E-state index in [0.29, 0.717) is 10.5 Å². The monoisotopic (exact) mass is 358 g/mol. The fraction of sp³-hybridized carbons (Fsp3) is 0. The molecule has 4 rings (SSSR count). The molecule has 0 aliphatic carbocycles. The molecule has 0 unspecified atom stereocenters. The topological polar surface area (TPSA) is 34.9 Å². The number of halogens is 1. The molecule has 0 amide bonds. The lowest BCUT2D eigenvalue weighted by Crippen LogP contribution is -2.04. The molecule has 0 atom stereocenters. The molecule has 0 fully saturated rings. The average Bonchev–Trinajstić information content (AvgIpc) is 2.92. The van der Waals surface area contributed by atoms with E-state index in [1.165, 1.54) is 0 Å². The van der Waals surface area contributed by atoms with Crippen LogP contribution < -0.4 is 5.43 Å². The van der Waals surface area contributed by atoms with Gasteiger partial charge in [-0.05, 0) is 35.9 Å². The van der Waals surface area contributed by atoms with Crippen molar-refractivity contribution in [2.24, 2.45) is 0 Å². The fourth-order valence-electron chi connectivity index (χ4n) is 2.88. The summed E-state index contributed by atoms with van der Waals surface area (Å²) in [6, 6.07) is 24.3. The SMILES string of the molecule is O=c1ccccc2c(/C=C/c3ccccc3Cl)nn(-c3ccccc3)c12. The van der Waals surface area contributed by atoms with Crippen LogP contribution in [0.15, 0.2) is 83.7 Å². The molecule has 0 N–H and O–H groups in total. The zero-order chi connectivity index (χ0) is 17.9. The summed E-state index contributed by atoms with van der Waals surface area (Å²) in [5.74, 6) is 0. The summed E-state index contributed by atoms with van der Waals surface area (Å²) in [5, 5.41) is 6.15. The Balaban J connectivity index is 1.94. The van der Waals surface area contributed by atoms with Crippen LogP contribution >= 0.6 is 11.6 Å². The Bertz CT molecular complexity index is 1160. The third-order valence-corrected chi connectivity index (χ3v) is 4.48. The van der Waals surface area contributed by atoms with Crippen LogP contribution in [0.25, 0.3) is 28.7 Å². The van der Waals surface area contributed by atoms with Crippen LogP contribution in [0.2, 0.25) is 5.02 Å². The second-order valence-corrected chi connectivity index (χ2v) is 6.24. The minimum atomic E-state index is -0.0706. The van der Waals surface area contributed by atoms with E-state index >= 15 is 0 Å². The van der Waals surface area contributed by atoms with E-state index in [4.69, 9.17) is 11.6 Å². The summed E-state index contributed by atoms with van der Waals surface area (Å²) in [7, 11) is 0. The Morgan fingerprint density at radius 1 is 0.808 bits per heavy atom.